The molecule has 0 bridgehead atoms. The van der Waals surface area contributed by atoms with Gasteiger partial charge in [0.25, 0.3) is 5.91 Å². The molecule has 8 nitrogen and oxygen atoms in total. The average Bonchev–Trinajstić information content (AvgIpc) is 3.23. The molecule has 1 unspecified atom stereocenters. The fourth-order valence-electron chi connectivity index (χ4n) is 2.93. The normalized spacial score (nSPS) is 20.2. The molecule has 1 atom stereocenters. The number of nitrogens with zero attached hydrogens (tertiary/aromatic N) is 5. The van der Waals surface area contributed by atoms with E-state index >= 15 is 0 Å². The van der Waals surface area contributed by atoms with E-state index in [1.807, 2.05) is 25.3 Å². The van der Waals surface area contributed by atoms with E-state index in [9.17, 15) is 13.2 Å². The molecule has 3 heterocycles. The molecule has 0 aliphatic carbocycles. The zero-order valence-electron chi connectivity index (χ0n) is 14.7. The molecule has 136 valence electrons. The Labute approximate surface area is 147 Å². The Kier molecular flexibility index (Phi) is 4.68. The molecule has 3 rings (SSSR count). The smallest absolute Gasteiger partial charge is 0.274 e. The van der Waals surface area contributed by atoms with Crippen LogP contribution in [0.3, 0.4) is 0 Å². The van der Waals surface area contributed by atoms with Crippen molar-refractivity contribution in [2.45, 2.75) is 39.4 Å². The van der Waals surface area contributed by atoms with Crippen LogP contribution in [0.15, 0.2) is 24.9 Å². The molecule has 9 heteroatoms. The molecular formula is C16H23N5O3S. The summed E-state index contributed by atoms with van der Waals surface area (Å²) in [5, 5.41) is 4.22. The second-order valence-electron chi connectivity index (χ2n) is 6.56. The third-order valence-electron chi connectivity index (χ3n) is 4.47. The summed E-state index contributed by atoms with van der Waals surface area (Å²) < 4.78 is 27.8. The van der Waals surface area contributed by atoms with Gasteiger partial charge < -0.3 is 9.47 Å². The van der Waals surface area contributed by atoms with Gasteiger partial charge in [-0.3, -0.25) is 9.48 Å². The predicted molar refractivity (Wildman–Crippen MR) is 92.9 cm³/mol. The SMILES string of the molecule is CCn1cc(C2CS(=O)(=O)CCN2C(=O)c2cn(C(C)C)cn2)cn1. The molecule has 1 fully saturated rings. The van der Waals surface area contributed by atoms with Gasteiger partial charge in [0.15, 0.2) is 9.84 Å². The second kappa shape index (κ2) is 6.62. The molecule has 2 aromatic heterocycles. The van der Waals surface area contributed by atoms with Crippen molar-refractivity contribution in [3.63, 3.8) is 0 Å². The summed E-state index contributed by atoms with van der Waals surface area (Å²) in [6.45, 7) is 6.82. The van der Waals surface area contributed by atoms with E-state index in [1.54, 1.807) is 34.5 Å². The van der Waals surface area contributed by atoms with E-state index in [4.69, 9.17) is 0 Å². The Bertz CT molecular complexity index is 868. The molecule has 0 radical (unpaired) electrons. The van der Waals surface area contributed by atoms with Gasteiger partial charge in [-0.15, -0.1) is 0 Å². The Morgan fingerprint density at radius 2 is 2.12 bits per heavy atom. The topological polar surface area (TPSA) is 90.1 Å². The number of sulfone groups is 1. The lowest BCUT2D eigenvalue weighted by Crippen LogP contribution is -2.46. The fraction of sp³-hybridized carbons (Fsp3) is 0.562. The Balaban J connectivity index is 1.92. The van der Waals surface area contributed by atoms with E-state index in [1.165, 1.54) is 0 Å². The van der Waals surface area contributed by atoms with Crippen molar-refractivity contribution in [3.8, 4) is 0 Å². The van der Waals surface area contributed by atoms with Gasteiger partial charge >= 0.3 is 0 Å². The minimum atomic E-state index is -3.19. The van der Waals surface area contributed by atoms with Gasteiger partial charge in [0.05, 0.1) is 30.1 Å². The third-order valence-corrected chi connectivity index (χ3v) is 6.10. The maximum Gasteiger partial charge on any atom is 0.274 e. The lowest BCUT2D eigenvalue weighted by atomic mass is 10.1. The molecule has 25 heavy (non-hydrogen) atoms. The van der Waals surface area contributed by atoms with Crippen LogP contribution in [0.5, 0.6) is 0 Å². The van der Waals surface area contributed by atoms with E-state index in [2.05, 4.69) is 10.1 Å². The minimum absolute atomic E-state index is 0.0257. The predicted octanol–water partition coefficient (Wildman–Crippen LogP) is 1.29. The van der Waals surface area contributed by atoms with Crippen molar-refractivity contribution < 1.29 is 13.2 Å². The largest absolute Gasteiger partial charge is 0.334 e. The van der Waals surface area contributed by atoms with Crippen LogP contribution >= 0.6 is 0 Å². The van der Waals surface area contributed by atoms with Gasteiger partial charge in [0.2, 0.25) is 0 Å². The van der Waals surface area contributed by atoms with Gasteiger partial charge in [-0.05, 0) is 20.8 Å². The zero-order valence-corrected chi connectivity index (χ0v) is 15.5. The Morgan fingerprint density at radius 1 is 1.36 bits per heavy atom. The number of aromatic nitrogens is 4. The lowest BCUT2D eigenvalue weighted by molar-refractivity contribution is 0.0692. The van der Waals surface area contributed by atoms with Crippen molar-refractivity contribution in [1.82, 2.24) is 24.2 Å². The van der Waals surface area contributed by atoms with Crippen LogP contribution in [-0.4, -0.2) is 56.6 Å². The van der Waals surface area contributed by atoms with Crippen molar-refractivity contribution in [3.05, 3.63) is 36.2 Å². The highest BCUT2D eigenvalue weighted by atomic mass is 32.2. The molecule has 1 amide bonds. The molecule has 1 saturated heterocycles. The third kappa shape index (κ3) is 3.60. The van der Waals surface area contributed by atoms with Crippen LogP contribution < -0.4 is 0 Å². The summed E-state index contributed by atoms with van der Waals surface area (Å²) in [5.74, 6) is -0.357. The monoisotopic (exact) mass is 365 g/mol. The van der Waals surface area contributed by atoms with Crippen molar-refractivity contribution >= 4 is 15.7 Å². The van der Waals surface area contributed by atoms with Gasteiger partial charge in [0.1, 0.15) is 5.69 Å². The van der Waals surface area contributed by atoms with Crippen LogP contribution in [0.25, 0.3) is 0 Å². The Morgan fingerprint density at radius 3 is 2.72 bits per heavy atom. The van der Waals surface area contributed by atoms with Crippen LogP contribution in [0.4, 0.5) is 0 Å². The number of aryl methyl sites for hydroxylation is 1. The maximum atomic E-state index is 12.9. The Hall–Kier alpha value is -2.16. The molecule has 2 aromatic rings. The van der Waals surface area contributed by atoms with Crippen LogP contribution in [0, 0.1) is 0 Å². The number of amides is 1. The number of hydrogen-bond donors (Lipinski definition) is 0. The average molecular weight is 365 g/mol. The van der Waals surface area contributed by atoms with Crippen LogP contribution in [0.2, 0.25) is 0 Å². The van der Waals surface area contributed by atoms with Gasteiger partial charge in [-0.2, -0.15) is 5.10 Å². The molecular weight excluding hydrogens is 342 g/mol. The standard InChI is InChI=1S/C16H23N5O3S/c1-4-20-8-13(7-18-20)15-10-25(23,24)6-5-21(15)16(22)14-9-19(11-17-14)12(2)3/h7-9,11-12,15H,4-6,10H2,1-3H3. The number of imidazole rings is 1. The number of carbonyl (C=O) groups excluding carboxylic acids is 1. The van der Waals surface area contributed by atoms with Gasteiger partial charge in [0, 0.05) is 37.1 Å². The first-order valence-corrected chi connectivity index (χ1v) is 10.2. The first-order chi connectivity index (χ1) is 11.8. The van der Waals surface area contributed by atoms with Gasteiger partial charge in [-0.1, -0.05) is 0 Å². The summed E-state index contributed by atoms with van der Waals surface area (Å²) in [6.07, 6.45) is 6.78. The number of hydrogen-bond acceptors (Lipinski definition) is 5. The van der Waals surface area contributed by atoms with E-state index < -0.39 is 15.9 Å². The minimum Gasteiger partial charge on any atom is -0.334 e. The first kappa shape index (κ1) is 17.7. The van der Waals surface area contributed by atoms with E-state index in [0.717, 1.165) is 5.56 Å². The maximum absolute atomic E-state index is 12.9. The van der Waals surface area contributed by atoms with Gasteiger partial charge in [-0.25, -0.2) is 13.4 Å². The molecule has 0 spiro atoms. The lowest BCUT2D eigenvalue weighted by Gasteiger charge is -2.34. The summed E-state index contributed by atoms with van der Waals surface area (Å²) in [7, 11) is -3.19. The van der Waals surface area contributed by atoms with Crippen molar-refractivity contribution in [2.75, 3.05) is 18.1 Å². The van der Waals surface area contributed by atoms with Crippen LogP contribution in [0.1, 0.15) is 48.9 Å². The fourth-order valence-corrected chi connectivity index (χ4v) is 4.42. The summed E-state index contributed by atoms with van der Waals surface area (Å²) in [4.78, 5) is 18.7. The highest BCUT2D eigenvalue weighted by Gasteiger charge is 2.36. The highest BCUT2D eigenvalue weighted by molar-refractivity contribution is 7.91. The molecule has 1 aliphatic heterocycles. The highest BCUT2D eigenvalue weighted by Crippen LogP contribution is 2.28. The molecule has 1 aliphatic rings. The van der Waals surface area contributed by atoms with Crippen molar-refractivity contribution in [2.24, 2.45) is 0 Å². The summed E-state index contributed by atoms with van der Waals surface area (Å²) in [6, 6.07) is -0.329. The summed E-state index contributed by atoms with van der Waals surface area (Å²) >= 11 is 0. The van der Waals surface area contributed by atoms with Crippen molar-refractivity contribution in [1.29, 1.82) is 0 Å². The number of carbonyl (C=O) groups is 1. The first-order valence-electron chi connectivity index (χ1n) is 8.38. The second-order valence-corrected chi connectivity index (χ2v) is 8.79. The molecule has 0 aromatic carbocycles. The van der Waals surface area contributed by atoms with E-state index in [0.29, 0.717) is 12.2 Å². The number of rotatable bonds is 4. The van der Waals surface area contributed by atoms with E-state index in [-0.39, 0.29) is 30.0 Å². The molecule has 0 N–H and O–H groups in total. The molecule has 0 saturated carbocycles. The zero-order chi connectivity index (χ0) is 18.2. The summed E-state index contributed by atoms with van der Waals surface area (Å²) in [5.41, 5.74) is 1.07. The quantitative estimate of drug-likeness (QED) is 0.814. The van der Waals surface area contributed by atoms with Crippen LogP contribution in [-0.2, 0) is 16.4 Å².